The van der Waals surface area contributed by atoms with Crippen molar-refractivity contribution in [3.63, 3.8) is 0 Å². The summed E-state index contributed by atoms with van der Waals surface area (Å²) in [6.07, 6.45) is 19.2. The van der Waals surface area contributed by atoms with Gasteiger partial charge >= 0.3 is 0 Å². The second-order valence-electron chi connectivity index (χ2n) is 7.74. The van der Waals surface area contributed by atoms with Crippen molar-refractivity contribution in [2.75, 3.05) is 11.9 Å². The maximum Gasteiger partial charge on any atom is 0.0100 e. The van der Waals surface area contributed by atoms with Gasteiger partial charge in [0.2, 0.25) is 0 Å². The molecular weight excluding hydrogens is 310 g/mol. The summed E-state index contributed by atoms with van der Waals surface area (Å²) in [4.78, 5) is 3.01. The van der Waals surface area contributed by atoms with Gasteiger partial charge in [-0.05, 0) is 43.9 Å². The van der Waals surface area contributed by atoms with Crippen molar-refractivity contribution in [2.45, 2.75) is 95.6 Å². The molecule has 3 fully saturated rings. The molecule has 0 aromatic heterocycles. The Labute approximate surface area is 134 Å². The molecule has 0 radical (unpaired) electrons. The van der Waals surface area contributed by atoms with E-state index in [2.05, 4.69) is 20.8 Å². The van der Waals surface area contributed by atoms with Crippen LogP contribution < -0.4 is 0 Å². The molecule has 0 atom stereocenters. The van der Waals surface area contributed by atoms with E-state index in [0.717, 1.165) is 12.1 Å². The lowest BCUT2D eigenvalue weighted by atomic mass is 9.69. The van der Waals surface area contributed by atoms with E-state index in [4.69, 9.17) is 0 Å². The van der Waals surface area contributed by atoms with Crippen molar-refractivity contribution in [3.05, 3.63) is 0 Å². The van der Waals surface area contributed by atoms with E-state index >= 15 is 0 Å². The fourth-order valence-electron chi connectivity index (χ4n) is 4.78. The zero-order valence-corrected chi connectivity index (χ0v) is 14.7. The van der Waals surface area contributed by atoms with Gasteiger partial charge in [-0.2, -0.15) is 0 Å². The number of nitrogens with zero attached hydrogens (tertiary/aromatic N) is 1. The van der Waals surface area contributed by atoms with Gasteiger partial charge in [-0.1, -0.05) is 60.9 Å². The van der Waals surface area contributed by atoms with E-state index in [-0.39, 0.29) is 0 Å². The average Bonchev–Trinajstić information content (AvgIpc) is 2.49. The first-order chi connectivity index (χ1) is 9.83. The lowest BCUT2D eigenvalue weighted by Gasteiger charge is -2.50. The third-order valence-corrected chi connectivity index (χ3v) is 7.49. The Bertz CT molecular complexity index is 264. The molecule has 0 saturated heterocycles. The van der Waals surface area contributed by atoms with Crippen LogP contribution in [0.25, 0.3) is 0 Å². The number of hydrogen-bond donors (Lipinski definition) is 0. The first-order valence-electron chi connectivity index (χ1n) is 9.15. The molecule has 3 aliphatic carbocycles. The molecule has 2 heteroatoms. The van der Waals surface area contributed by atoms with Gasteiger partial charge in [0.25, 0.3) is 0 Å². The maximum atomic E-state index is 3.83. The highest BCUT2D eigenvalue weighted by Gasteiger charge is 2.41. The molecule has 0 bridgehead atoms. The number of halogens is 1. The van der Waals surface area contributed by atoms with E-state index in [1.165, 1.54) is 95.3 Å². The molecular formula is C18H32BrN. The SMILES string of the molecule is BrCC1(CN(C2CCCCC2)C2CCCCC2)CCC1. The first kappa shape index (κ1) is 15.3. The number of rotatable bonds is 5. The van der Waals surface area contributed by atoms with Crippen molar-refractivity contribution in [3.8, 4) is 0 Å². The van der Waals surface area contributed by atoms with Crippen molar-refractivity contribution in [1.29, 1.82) is 0 Å². The van der Waals surface area contributed by atoms with Crippen molar-refractivity contribution < 1.29 is 0 Å². The van der Waals surface area contributed by atoms with E-state index in [1.54, 1.807) is 0 Å². The van der Waals surface area contributed by atoms with Gasteiger partial charge < -0.3 is 0 Å². The zero-order valence-electron chi connectivity index (χ0n) is 13.1. The monoisotopic (exact) mass is 341 g/mol. The van der Waals surface area contributed by atoms with Crippen LogP contribution in [0, 0.1) is 5.41 Å². The molecule has 0 amide bonds. The van der Waals surface area contributed by atoms with Gasteiger partial charge in [0.05, 0.1) is 0 Å². The van der Waals surface area contributed by atoms with Crippen molar-refractivity contribution >= 4 is 15.9 Å². The quantitative estimate of drug-likeness (QED) is 0.595. The van der Waals surface area contributed by atoms with Crippen molar-refractivity contribution in [2.24, 2.45) is 5.41 Å². The highest BCUT2D eigenvalue weighted by Crippen LogP contribution is 2.45. The van der Waals surface area contributed by atoms with Gasteiger partial charge in [0, 0.05) is 24.0 Å². The standard InChI is InChI=1S/C18H32BrN/c19-14-18(12-7-13-18)15-20(16-8-3-1-4-9-16)17-10-5-2-6-11-17/h16-17H,1-15H2. The topological polar surface area (TPSA) is 3.24 Å². The summed E-state index contributed by atoms with van der Waals surface area (Å²) < 4.78 is 0. The Morgan fingerprint density at radius 3 is 1.60 bits per heavy atom. The maximum absolute atomic E-state index is 3.83. The van der Waals surface area contributed by atoms with Crippen molar-refractivity contribution in [1.82, 2.24) is 4.90 Å². The Morgan fingerprint density at radius 1 is 0.750 bits per heavy atom. The van der Waals surface area contributed by atoms with Gasteiger partial charge in [0.15, 0.2) is 0 Å². The van der Waals surface area contributed by atoms with Gasteiger partial charge in [-0.25, -0.2) is 0 Å². The Morgan fingerprint density at radius 2 is 1.25 bits per heavy atom. The number of hydrogen-bond acceptors (Lipinski definition) is 1. The summed E-state index contributed by atoms with van der Waals surface area (Å²) in [5.74, 6) is 0. The predicted molar refractivity (Wildman–Crippen MR) is 90.5 cm³/mol. The lowest BCUT2D eigenvalue weighted by molar-refractivity contribution is 0.0109. The molecule has 0 spiro atoms. The molecule has 0 aromatic rings. The second-order valence-corrected chi connectivity index (χ2v) is 8.30. The van der Waals surface area contributed by atoms with E-state index < -0.39 is 0 Å². The van der Waals surface area contributed by atoms with Crippen LogP contribution in [-0.2, 0) is 0 Å². The minimum absolute atomic E-state index is 0.634. The largest absolute Gasteiger partial charge is 0.297 e. The summed E-state index contributed by atoms with van der Waals surface area (Å²) in [7, 11) is 0. The molecule has 1 nitrogen and oxygen atoms in total. The predicted octanol–water partition coefficient (Wildman–Crippen LogP) is 5.52. The molecule has 116 valence electrons. The van der Waals surface area contributed by atoms with E-state index in [0.29, 0.717) is 5.41 Å². The summed E-state index contributed by atoms with van der Waals surface area (Å²) in [5, 5.41) is 1.23. The van der Waals surface area contributed by atoms with E-state index in [1.807, 2.05) is 0 Å². The Hall–Kier alpha value is 0.440. The Balaban J connectivity index is 1.68. The third kappa shape index (κ3) is 3.43. The molecule has 0 heterocycles. The lowest BCUT2D eigenvalue weighted by Crippen LogP contribution is -2.52. The highest BCUT2D eigenvalue weighted by molar-refractivity contribution is 9.09. The molecule has 3 saturated carbocycles. The summed E-state index contributed by atoms with van der Waals surface area (Å²) in [5.41, 5.74) is 0.634. The van der Waals surface area contributed by atoms with Crippen LogP contribution in [0.2, 0.25) is 0 Å². The van der Waals surface area contributed by atoms with Crippen LogP contribution in [0.5, 0.6) is 0 Å². The molecule has 3 aliphatic rings. The fraction of sp³-hybridized carbons (Fsp3) is 1.00. The van der Waals surface area contributed by atoms with Crippen LogP contribution in [0.4, 0.5) is 0 Å². The van der Waals surface area contributed by atoms with Crippen LogP contribution in [0.1, 0.15) is 83.5 Å². The minimum atomic E-state index is 0.634. The number of alkyl halides is 1. The second kappa shape index (κ2) is 7.13. The molecule has 0 N–H and O–H groups in total. The fourth-order valence-corrected chi connectivity index (χ4v) is 5.52. The van der Waals surface area contributed by atoms with Crippen LogP contribution in [-0.4, -0.2) is 28.9 Å². The average molecular weight is 342 g/mol. The molecule has 20 heavy (non-hydrogen) atoms. The molecule has 0 aromatic carbocycles. The van der Waals surface area contributed by atoms with Crippen LogP contribution in [0.15, 0.2) is 0 Å². The van der Waals surface area contributed by atoms with Gasteiger partial charge in [-0.3, -0.25) is 4.90 Å². The molecule has 3 rings (SSSR count). The highest BCUT2D eigenvalue weighted by atomic mass is 79.9. The summed E-state index contributed by atoms with van der Waals surface area (Å²) in [6, 6.07) is 1.84. The smallest absolute Gasteiger partial charge is 0.0100 e. The summed E-state index contributed by atoms with van der Waals surface area (Å²) in [6.45, 7) is 1.40. The zero-order chi connectivity index (χ0) is 13.8. The molecule has 0 aliphatic heterocycles. The van der Waals surface area contributed by atoms with Gasteiger partial charge in [-0.15, -0.1) is 0 Å². The minimum Gasteiger partial charge on any atom is -0.297 e. The van der Waals surface area contributed by atoms with Crippen LogP contribution in [0.3, 0.4) is 0 Å². The van der Waals surface area contributed by atoms with Gasteiger partial charge in [0.1, 0.15) is 0 Å². The van der Waals surface area contributed by atoms with Crippen LogP contribution >= 0.6 is 15.9 Å². The summed E-state index contributed by atoms with van der Waals surface area (Å²) >= 11 is 3.83. The normalized spacial score (nSPS) is 28.5. The van der Waals surface area contributed by atoms with E-state index in [9.17, 15) is 0 Å². The third-order valence-electron chi connectivity index (χ3n) is 6.30. The Kier molecular flexibility index (Phi) is 5.47. The first-order valence-corrected chi connectivity index (χ1v) is 10.3. The molecule has 0 unspecified atom stereocenters.